The van der Waals surface area contributed by atoms with Gasteiger partial charge in [0.1, 0.15) is 0 Å². The van der Waals surface area contributed by atoms with Gasteiger partial charge in [0.05, 0.1) is 0 Å². The van der Waals surface area contributed by atoms with Crippen LogP contribution in [0, 0.1) is 0 Å². The summed E-state index contributed by atoms with van der Waals surface area (Å²) in [5.74, 6) is 2.88. The highest BCUT2D eigenvalue weighted by molar-refractivity contribution is 8.00. The summed E-state index contributed by atoms with van der Waals surface area (Å²) in [4.78, 5) is 4.05. The molecule has 0 aromatic heterocycles. The van der Waals surface area contributed by atoms with Crippen LogP contribution < -0.4 is 0 Å². The van der Waals surface area contributed by atoms with E-state index in [9.17, 15) is 0 Å². The molecule has 0 atom stereocenters. The maximum Gasteiger partial charge on any atom is 0.0238 e. The molecule has 3 aliphatic rings. The first-order valence-corrected chi connectivity index (χ1v) is 15.2. The summed E-state index contributed by atoms with van der Waals surface area (Å²) in [6.07, 6.45) is 0. The van der Waals surface area contributed by atoms with Crippen molar-refractivity contribution in [3.8, 4) is 33.4 Å². The summed E-state index contributed by atoms with van der Waals surface area (Å²) in [5.41, 5.74) is 12.0. The van der Waals surface area contributed by atoms with Gasteiger partial charge in [0.15, 0.2) is 0 Å². The van der Waals surface area contributed by atoms with E-state index in [0.717, 1.165) is 17.3 Å². The smallest absolute Gasteiger partial charge is 0.0238 e. The molecule has 0 fully saturated rings. The van der Waals surface area contributed by atoms with Crippen LogP contribution in [0.1, 0.15) is 16.7 Å². The van der Waals surface area contributed by atoms with Gasteiger partial charge in [-0.2, -0.15) is 0 Å². The molecule has 3 aliphatic heterocycles. The van der Waals surface area contributed by atoms with Crippen LogP contribution in [0.3, 0.4) is 0 Å². The minimum absolute atomic E-state index is 0.959. The summed E-state index contributed by atoms with van der Waals surface area (Å²) in [6, 6.07) is 41.2. The van der Waals surface area contributed by atoms with E-state index in [4.69, 9.17) is 0 Å². The van der Waals surface area contributed by atoms with E-state index in [0.29, 0.717) is 0 Å². The second-order valence-corrected chi connectivity index (χ2v) is 12.4. The van der Waals surface area contributed by atoms with E-state index in [1.54, 1.807) is 0 Å². The highest BCUT2D eigenvalue weighted by Gasteiger charge is 2.16. The van der Waals surface area contributed by atoms with Crippen molar-refractivity contribution >= 4 is 35.3 Å². The minimum atomic E-state index is 0.959. The Bertz CT molecular complexity index is 1390. The van der Waals surface area contributed by atoms with E-state index >= 15 is 0 Å². The van der Waals surface area contributed by atoms with Crippen molar-refractivity contribution in [3.63, 3.8) is 0 Å². The second-order valence-electron chi connectivity index (χ2n) is 9.28. The van der Waals surface area contributed by atoms with Gasteiger partial charge < -0.3 is 0 Å². The highest BCUT2D eigenvalue weighted by Crippen LogP contribution is 2.42. The van der Waals surface area contributed by atoms with Crippen molar-refractivity contribution in [1.82, 2.24) is 0 Å². The minimum Gasteiger partial charge on any atom is -0.121 e. The molecule has 0 spiro atoms. The van der Waals surface area contributed by atoms with E-state index in [-0.39, 0.29) is 0 Å². The normalized spacial score (nSPS) is 14.0. The zero-order valence-corrected chi connectivity index (χ0v) is 22.2. The lowest BCUT2D eigenvalue weighted by Gasteiger charge is -2.19. The van der Waals surface area contributed by atoms with Gasteiger partial charge in [0, 0.05) is 31.9 Å². The number of thioether (sulfide) groups is 3. The zero-order chi connectivity index (χ0) is 23.9. The fraction of sp³-hybridized carbons (Fsp3) is 0.0909. The first kappa shape index (κ1) is 22.4. The standard InChI is InChI=1S/C33H24S3/c1-4-10-31-22(7-1)19-34-28-16-29-18-30(17-28)36-21-24-9-3-6-12-33(24)27-14-25(31)13-26(15-27)32-11-5-2-8-23(32)20-35-29/h1-18H,19-21H2. The van der Waals surface area contributed by atoms with Gasteiger partial charge >= 0.3 is 0 Å². The number of hydrogen-bond acceptors (Lipinski definition) is 3. The third kappa shape index (κ3) is 4.30. The van der Waals surface area contributed by atoms with Crippen molar-refractivity contribution in [2.45, 2.75) is 31.9 Å². The average Bonchev–Trinajstić information content (AvgIpc) is 2.93. The molecule has 0 saturated carbocycles. The lowest BCUT2D eigenvalue weighted by molar-refractivity contribution is 1.21. The van der Waals surface area contributed by atoms with Gasteiger partial charge in [0.25, 0.3) is 0 Å². The Morgan fingerprint density at radius 2 is 0.667 bits per heavy atom. The summed E-state index contributed by atoms with van der Waals surface area (Å²) in [5, 5.41) is 0. The Labute approximate surface area is 225 Å². The molecule has 0 nitrogen and oxygen atoms in total. The average molecular weight is 517 g/mol. The monoisotopic (exact) mass is 516 g/mol. The van der Waals surface area contributed by atoms with Crippen molar-refractivity contribution in [2.24, 2.45) is 0 Å². The summed E-state index contributed by atoms with van der Waals surface area (Å²) in [6.45, 7) is 0. The summed E-state index contributed by atoms with van der Waals surface area (Å²) < 4.78 is 0. The number of benzene rings is 5. The molecular formula is C33H24S3. The lowest BCUT2D eigenvalue weighted by Crippen LogP contribution is -1.95. The molecule has 174 valence electrons. The van der Waals surface area contributed by atoms with Gasteiger partial charge in [-0.3, -0.25) is 0 Å². The molecular weight excluding hydrogens is 493 g/mol. The molecule has 3 heterocycles. The van der Waals surface area contributed by atoms with Crippen LogP contribution in [-0.4, -0.2) is 0 Å². The molecule has 3 heteroatoms. The molecule has 5 aromatic carbocycles. The fourth-order valence-electron chi connectivity index (χ4n) is 5.16. The Morgan fingerprint density at radius 1 is 0.361 bits per heavy atom. The van der Waals surface area contributed by atoms with E-state index in [2.05, 4.69) is 109 Å². The second kappa shape index (κ2) is 9.55. The molecule has 0 saturated heterocycles. The van der Waals surface area contributed by atoms with E-state index in [1.165, 1.54) is 64.8 Å². The molecule has 6 bridgehead atoms. The third-order valence-corrected chi connectivity index (χ3v) is 10.0. The SMILES string of the molecule is c1ccc2c(c1)CSc1cc3cc(c1)SCc1ccccc1-c1cc-2cc(c1)-c1ccccc1CS3. The van der Waals surface area contributed by atoms with Crippen LogP contribution in [0.15, 0.2) is 124 Å². The predicted octanol–water partition coefficient (Wildman–Crippen LogP) is 10.2. The Balaban J connectivity index is 1.59. The Kier molecular flexibility index (Phi) is 5.93. The van der Waals surface area contributed by atoms with Crippen molar-refractivity contribution < 1.29 is 0 Å². The van der Waals surface area contributed by atoms with E-state index < -0.39 is 0 Å². The highest BCUT2D eigenvalue weighted by atomic mass is 32.2. The van der Waals surface area contributed by atoms with Crippen molar-refractivity contribution in [3.05, 3.63) is 126 Å². The van der Waals surface area contributed by atoms with Gasteiger partial charge in [-0.25, -0.2) is 0 Å². The van der Waals surface area contributed by atoms with Gasteiger partial charge in [-0.05, 0) is 86.5 Å². The molecule has 0 unspecified atom stereocenters. The maximum atomic E-state index is 2.41. The molecule has 5 aromatic rings. The fourth-order valence-corrected chi connectivity index (χ4v) is 8.36. The quantitative estimate of drug-likeness (QED) is 0.201. The third-order valence-electron chi connectivity index (χ3n) is 6.95. The summed E-state index contributed by atoms with van der Waals surface area (Å²) >= 11 is 5.85. The molecule has 0 radical (unpaired) electrons. The van der Waals surface area contributed by atoms with Gasteiger partial charge in [0.2, 0.25) is 0 Å². The van der Waals surface area contributed by atoms with E-state index in [1.807, 2.05) is 35.3 Å². The van der Waals surface area contributed by atoms with Crippen LogP contribution in [0.5, 0.6) is 0 Å². The van der Waals surface area contributed by atoms with Crippen molar-refractivity contribution in [1.29, 1.82) is 0 Å². The maximum absolute atomic E-state index is 2.41. The largest absolute Gasteiger partial charge is 0.121 e. The number of fused-ring (bicyclic) bond motifs is 3. The van der Waals surface area contributed by atoms with Gasteiger partial charge in [-0.1, -0.05) is 72.8 Å². The molecule has 0 aliphatic carbocycles. The first-order valence-electron chi connectivity index (χ1n) is 12.2. The van der Waals surface area contributed by atoms with Crippen LogP contribution >= 0.6 is 35.3 Å². The Hall–Kier alpha value is -2.85. The number of rotatable bonds is 0. The van der Waals surface area contributed by atoms with Crippen LogP contribution in [0.4, 0.5) is 0 Å². The molecule has 0 amide bonds. The molecule has 8 rings (SSSR count). The Morgan fingerprint density at radius 3 is 1.00 bits per heavy atom. The topological polar surface area (TPSA) is 0 Å². The zero-order valence-electron chi connectivity index (χ0n) is 19.7. The first-order chi connectivity index (χ1) is 17.8. The molecule has 36 heavy (non-hydrogen) atoms. The van der Waals surface area contributed by atoms with Gasteiger partial charge in [-0.15, -0.1) is 35.3 Å². The predicted molar refractivity (Wildman–Crippen MR) is 158 cm³/mol. The van der Waals surface area contributed by atoms with Crippen LogP contribution in [0.25, 0.3) is 33.4 Å². The van der Waals surface area contributed by atoms with Crippen LogP contribution in [0.2, 0.25) is 0 Å². The number of hydrogen-bond donors (Lipinski definition) is 0. The lowest BCUT2D eigenvalue weighted by atomic mass is 9.89. The van der Waals surface area contributed by atoms with Crippen molar-refractivity contribution in [2.75, 3.05) is 0 Å². The summed E-state index contributed by atoms with van der Waals surface area (Å²) in [7, 11) is 0. The van der Waals surface area contributed by atoms with Crippen LogP contribution in [-0.2, 0) is 17.3 Å². The molecule has 0 N–H and O–H groups in total.